The van der Waals surface area contributed by atoms with E-state index in [1.54, 1.807) is 49.6 Å². The van der Waals surface area contributed by atoms with E-state index in [1.165, 1.54) is 30.0 Å². The number of phenolic OH excluding ortho intramolecular Hbond substituents is 1. The molecule has 0 radical (unpaired) electrons. The van der Waals surface area contributed by atoms with Gasteiger partial charge in [0.25, 0.3) is 5.56 Å². The molecule has 3 aromatic rings. The highest BCUT2D eigenvalue weighted by atomic mass is 32.1. The van der Waals surface area contributed by atoms with Gasteiger partial charge in [0.15, 0.2) is 16.5 Å². The van der Waals surface area contributed by atoms with E-state index in [0.29, 0.717) is 26.4 Å². The van der Waals surface area contributed by atoms with E-state index in [1.807, 2.05) is 0 Å². The molecule has 0 spiro atoms. The Morgan fingerprint density at radius 2 is 1.97 bits per heavy atom. The fraction of sp³-hybridized carbons (Fsp3) is 0.143. The van der Waals surface area contributed by atoms with Gasteiger partial charge in [-0.1, -0.05) is 30.1 Å². The number of phenols is 1. The molecular formula is C21H21N3O4S. The second kappa shape index (κ2) is 8.24. The lowest BCUT2D eigenvalue weighted by molar-refractivity contribution is 0.340. The van der Waals surface area contributed by atoms with Gasteiger partial charge in [-0.2, -0.15) is 0 Å². The number of nitrogens with zero attached hydrogens (tertiary/aromatic N) is 2. The zero-order valence-corrected chi connectivity index (χ0v) is 17.1. The van der Waals surface area contributed by atoms with Gasteiger partial charge in [0, 0.05) is 17.5 Å². The number of benzene rings is 1. The van der Waals surface area contributed by atoms with Crippen LogP contribution in [0.5, 0.6) is 17.2 Å². The van der Waals surface area contributed by atoms with Gasteiger partial charge in [-0.15, -0.1) is 0 Å². The normalized spacial score (nSPS) is 13.1. The average Bonchev–Trinajstić information content (AvgIpc) is 3.22. The third-order valence-electron chi connectivity index (χ3n) is 4.08. The molecule has 150 valence electrons. The van der Waals surface area contributed by atoms with Gasteiger partial charge in [0.2, 0.25) is 5.75 Å². The molecule has 2 heterocycles. The molecule has 0 amide bonds. The number of allylic oxidation sites excluding steroid dienone is 5. The largest absolute Gasteiger partial charge is 0.502 e. The predicted octanol–water partition coefficient (Wildman–Crippen LogP) is 2.46. The molecule has 0 unspecified atom stereocenters. The van der Waals surface area contributed by atoms with Gasteiger partial charge < -0.3 is 20.3 Å². The average molecular weight is 411 g/mol. The Balaban J connectivity index is 2.12. The molecule has 7 nitrogen and oxygen atoms in total. The quantitative estimate of drug-likeness (QED) is 0.605. The number of nitrogens with two attached hydrogens (primary N) is 1. The minimum atomic E-state index is -0.193. The predicted molar refractivity (Wildman–Crippen MR) is 115 cm³/mol. The molecule has 8 heteroatoms. The number of hydrogen-bond donors (Lipinski definition) is 2. The first kappa shape index (κ1) is 20.2. The van der Waals surface area contributed by atoms with Gasteiger partial charge >= 0.3 is 0 Å². The minimum absolute atomic E-state index is 0.0927. The first-order valence-electron chi connectivity index (χ1n) is 8.63. The van der Waals surface area contributed by atoms with Crippen molar-refractivity contribution in [1.82, 2.24) is 9.38 Å². The molecule has 0 fully saturated rings. The molecule has 3 N–H and O–H groups in total. The van der Waals surface area contributed by atoms with E-state index >= 15 is 0 Å². The molecule has 0 aliphatic rings. The summed E-state index contributed by atoms with van der Waals surface area (Å²) in [7, 11) is 2.90. The molecular weight excluding hydrogens is 390 g/mol. The van der Waals surface area contributed by atoms with E-state index < -0.39 is 0 Å². The molecule has 29 heavy (non-hydrogen) atoms. The lowest BCUT2D eigenvalue weighted by Crippen LogP contribution is -2.22. The lowest BCUT2D eigenvalue weighted by atomic mass is 10.1. The zero-order chi connectivity index (χ0) is 21.1. The van der Waals surface area contributed by atoms with E-state index in [9.17, 15) is 9.90 Å². The third-order valence-corrected chi connectivity index (χ3v) is 5.06. The smallest absolute Gasteiger partial charge is 0.274 e. The molecule has 0 saturated heterocycles. The van der Waals surface area contributed by atoms with Gasteiger partial charge in [-0.3, -0.25) is 9.20 Å². The summed E-state index contributed by atoms with van der Waals surface area (Å²) in [6, 6.07) is 3.26. The SMILES string of the molecule is C=C/C=C(\C=C(\C)N)c1cn2c(=O)/c(=C/c3cc(OC)c(O)c(OC)c3)sc2n1. The highest BCUT2D eigenvalue weighted by molar-refractivity contribution is 7.15. The summed E-state index contributed by atoms with van der Waals surface area (Å²) in [6.45, 7) is 5.48. The van der Waals surface area contributed by atoms with Crippen molar-refractivity contribution < 1.29 is 14.6 Å². The van der Waals surface area contributed by atoms with Crippen LogP contribution in [0.2, 0.25) is 0 Å². The van der Waals surface area contributed by atoms with Crippen molar-refractivity contribution in [3.05, 3.63) is 75.0 Å². The number of rotatable bonds is 6. The van der Waals surface area contributed by atoms with Crippen LogP contribution in [-0.4, -0.2) is 28.7 Å². The van der Waals surface area contributed by atoms with E-state index in [2.05, 4.69) is 11.6 Å². The number of hydrogen-bond acceptors (Lipinski definition) is 7. The standard InChI is InChI=1S/C21H21N3O4S/c1-5-6-14(7-12(2)22)15-11-24-20(26)18(29-21(24)23-15)10-13-8-16(27-3)19(25)17(9-13)28-4/h5-11,25H,1,22H2,2-4H3/b12-7-,14-6+,18-10-. The van der Waals surface area contributed by atoms with Gasteiger partial charge in [-0.05, 0) is 36.8 Å². The Labute approximate surface area is 171 Å². The molecule has 3 rings (SSSR count). The van der Waals surface area contributed by atoms with E-state index in [-0.39, 0.29) is 22.8 Å². The number of aromatic hydroxyl groups is 1. The number of methoxy groups -OCH3 is 2. The van der Waals surface area contributed by atoms with Gasteiger partial charge in [0.1, 0.15) is 0 Å². The maximum atomic E-state index is 12.8. The first-order chi connectivity index (χ1) is 13.9. The summed E-state index contributed by atoms with van der Waals surface area (Å²) in [5.74, 6) is 0.425. The van der Waals surface area contributed by atoms with Crippen LogP contribution in [0.4, 0.5) is 0 Å². The fourth-order valence-corrected chi connectivity index (χ4v) is 3.76. The number of thiazole rings is 1. The van der Waals surface area contributed by atoms with Gasteiger partial charge in [0.05, 0.1) is 24.4 Å². The number of ether oxygens (including phenoxy) is 2. The van der Waals surface area contributed by atoms with Crippen molar-refractivity contribution in [3.8, 4) is 17.2 Å². The molecule has 0 saturated carbocycles. The number of fused-ring (bicyclic) bond motifs is 1. The van der Waals surface area contributed by atoms with Crippen LogP contribution < -0.4 is 25.3 Å². The molecule has 1 aromatic carbocycles. The summed E-state index contributed by atoms with van der Waals surface area (Å²) < 4.78 is 12.3. The summed E-state index contributed by atoms with van der Waals surface area (Å²) in [4.78, 5) is 17.9. The van der Waals surface area contributed by atoms with Crippen LogP contribution in [0.3, 0.4) is 0 Å². The Hall–Kier alpha value is -3.52. The highest BCUT2D eigenvalue weighted by Gasteiger charge is 2.13. The Kier molecular flexibility index (Phi) is 5.74. The van der Waals surface area contributed by atoms with Crippen LogP contribution in [0.1, 0.15) is 18.2 Å². The Bertz CT molecular complexity index is 1220. The van der Waals surface area contributed by atoms with Crippen LogP contribution in [0, 0.1) is 0 Å². The topological polar surface area (TPSA) is 99.1 Å². The van der Waals surface area contributed by atoms with Crippen LogP contribution in [0.15, 0.2) is 53.6 Å². The molecule has 0 aliphatic carbocycles. The highest BCUT2D eigenvalue weighted by Crippen LogP contribution is 2.37. The lowest BCUT2D eigenvalue weighted by Gasteiger charge is -2.09. The summed E-state index contributed by atoms with van der Waals surface area (Å²) in [5.41, 5.74) is 8.28. The maximum Gasteiger partial charge on any atom is 0.274 e. The van der Waals surface area contributed by atoms with Gasteiger partial charge in [-0.25, -0.2) is 4.98 Å². The summed E-state index contributed by atoms with van der Waals surface area (Å²) in [5, 5.41) is 10.0. The van der Waals surface area contributed by atoms with Crippen LogP contribution in [-0.2, 0) is 0 Å². The molecule has 0 bridgehead atoms. The molecule has 2 aromatic heterocycles. The van der Waals surface area contributed by atoms with Crippen molar-refractivity contribution in [3.63, 3.8) is 0 Å². The van der Waals surface area contributed by atoms with Crippen LogP contribution in [0.25, 0.3) is 16.6 Å². The Morgan fingerprint density at radius 3 is 2.48 bits per heavy atom. The molecule has 0 aliphatic heterocycles. The second-order valence-electron chi connectivity index (χ2n) is 6.21. The van der Waals surface area contributed by atoms with Crippen molar-refractivity contribution in [2.24, 2.45) is 5.73 Å². The monoisotopic (exact) mass is 411 g/mol. The molecule has 0 atom stereocenters. The van der Waals surface area contributed by atoms with E-state index in [4.69, 9.17) is 15.2 Å². The third kappa shape index (κ3) is 4.02. The number of aromatic nitrogens is 2. The second-order valence-corrected chi connectivity index (χ2v) is 7.22. The summed E-state index contributed by atoms with van der Waals surface area (Å²) >= 11 is 1.26. The fourth-order valence-electron chi connectivity index (χ4n) is 2.80. The first-order valence-corrected chi connectivity index (χ1v) is 9.45. The van der Waals surface area contributed by atoms with Crippen molar-refractivity contribution >= 4 is 27.9 Å². The van der Waals surface area contributed by atoms with Crippen molar-refractivity contribution in [2.75, 3.05) is 14.2 Å². The zero-order valence-electron chi connectivity index (χ0n) is 16.3. The van der Waals surface area contributed by atoms with Crippen molar-refractivity contribution in [2.45, 2.75) is 6.92 Å². The number of imidazole rings is 1. The summed E-state index contributed by atoms with van der Waals surface area (Å²) in [6.07, 6.45) is 8.59. The van der Waals surface area contributed by atoms with Crippen molar-refractivity contribution in [1.29, 1.82) is 0 Å². The Morgan fingerprint density at radius 1 is 1.31 bits per heavy atom. The van der Waals surface area contributed by atoms with Crippen LogP contribution >= 0.6 is 11.3 Å². The minimum Gasteiger partial charge on any atom is -0.502 e. The van der Waals surface area contributed by atoms with E-state index in [0.717, 1.165) is 5.57 Å². The maximum absolute atomic E-state index is 12.8.